The first-order valence-corrected chi connectivity index (χ1v) is 4.84. The number of benzene rings is 1. The molecular weight excluding hydrogens is 252 g/mol. The van der Waals surface area contributed by atoms with Crippen LogP contribution in [0, 0.1) is 11.6 Å². The predicted octanol–water partition coefficient (Wildman–Crippen LogP) is 1.66. The maximum Gasteiger partial charge on any atom is 0.330 e. The lowest BCUT2D eigenvalue weighted by molar-refractivity contribution is -0.147. The topological polar surface area (TPSA) is 52.3 Å². The van der Waals surface area contributed by atoms with Crippen LogP contribution in [0.1, 0.15) is 17.5 Å². The molecule has 0 saturated heterocycles. The molecule has 0 saturated carbocycles. The van der Waals surface area contributed by atoms with Crippen molar-refractivity contribution in [2.24, 2.45) is 5.73 Å². The second-order valence-corrected chi connectivity index (χ2v) is 3.88. The fourth-order valence-electron chi connectivity index (χ4n) is 2.11. The smallest absolute Gasteiger partial charge is 0.330 e. The number of ether oxygens (including phenoxy) is 1. The van der Waals surface area contributed by atoms with E-state index in [4.69, 9.17) is 5.73 Å². The molecule has 2 N–H and O–H groups in total. The molecule has 1 atom stereocenters. The zero-order valence-corrected chi connectivity index (χ0v) is 9.94. The molecule has 6 heteroatoms. The van der Waals surface area contributed by atoms with Crippen molar-refractivity contribution >= 4 is 18.4 Å². The van der Waals surface area contributed by atoms with Gasteiger partial charge in [-0.25, -0.2) is 13.6 Å². The Hall–Kier alpha value is -1.20. The molecule has 0 spiro atoms. The zero-order chi connectivity index (χ0) is 11.9. The fourth-order valence-corrected chi connectivity index (χ4v) is 2.11. The molecule has 0 radical (unpaired) electrons. The molecular formula is C11H12ClF2NO2. The monoisotopic (exact) mass is 263 g/mol. The standard InChI is InChI=1S/C11H11F2NO2.ClH/c1-16-10(15)11(14)3-2-7-8(11)4-6(12)5-9(7)13;/h4-5H,2-3,14H2,1H3;1H. The molecule has 0 heterocycles. The Morgan fingerprint density at radius 2 is 2.12 bits per heavy atom. The third-order valence-corrected chi connectivity index (χ3v) is 2.96. The molecule has 0 bridgehead atoms. The first-order chi connectivity index (χ1) is 7.49. The summed E-state index contributed by atoms with van der Waals surface area (Å²) in [5.41, 5.74) is 4.92. The Balaban J connectivity index is 0.00000144. The molecule has 1 aromatic carbocycles. The van der Waals surface area contributed by atoms with E-state index < -0.39 is 23.1 Å². The van der Waals surface area contributed by atoms with Gasteiger partial charge in [-0.1, -0.05) is 0 Å². The number of carbonyl (C=O) groups is 1. The summed E-state index contributed by atoms with van der Waals surface area (Å²) in [7, 11) is 1.20. The normalized spacial score (nSPS) is 21.6. The quantitative estimate of drug-likeness (QED) is 0.784. The predicted molar refractivity (Wildman–Crippen MR) is 59.8 cm³/mol. The number of hydrogen-bond donors (Lipinski definition) is 1. The number of nitrogens with two attached hydrogens (primary N) is 1. The van der Waals surface area contributed by atoms with Gasteiger partial charge in [0.2, 0.25) is 0 Å². The van der Waals surface area contributed by atoms with Gasteiger partial charge >= 0.3 is 5.97 Å². The maximum atomic E-state index is 13.4. The second-order valence-electron chi connectivity index (χ2n) is 3.88. The third-order valence-electron chi connectivity index (χ3n) is 2.96. The van der Waals surface area contributed by atoms with Gasteiger partial charge in [0.1, 0.15) is 17.2 Å². The number of esters is 1. The summed E-state index contributed by atoms with van der Waals surface area (Å²) in [5.74, 6) is -2.07. The van der Waals surface area contributed by atoms with Crippen molar-refractivity contribution in [2.45, 2.75) is 18.4 Å². The first kappa shape index (κ1) is 13.9. The number of halogens is 3. The summed E-state index contributed by atoms with van der Waals surface area (Å²) in [6.07, 6.45) is 0.544. The number of carbonyl (C=O) groups excluding carboxylic acids is 1. The number of methoxy groups -OCH3 is 1. The van der Waals surface area contributed by atoms with Crippen LogP contribution >= 0.6 is 12.4 Å². The van der Waals surface area contributed by atoms with Crippen molar-refractivity contribution in [2.75, 3.05) is 7.11 Å². The summed E-state index contributed by atoms with van der Waals surface area (Å²) >= 11 is 0. The highest BCUT2D eigenvalue weighted by Crippen LogP contribution is 2.37. The Bertz CT molecular complexity index is 467. The van der Waals surface area contributed by atoms with E-state index in [0.717, 1.165) is 12.1 Å². The van der Waals surface area contributed by atoms with Crippen molar-refractivity contribution < 1.29 is 18.3 Å². The highest BCUT2D eigenvalue weighted by atomic mass is 35.5. The van der Waals surface area contributed by atoms with E-state index >= 15 is 0 Å². The van der Waals surface area contributed by atoms with Gasteiger partial charge < -0.3 is 10.5 Å². The van der Waals surface area contributed by atoms with E-state index in [1.54, 1.807) is 0 Å². The lowest BCUT2D eigenvalue weighted by Crippen LogP contribution is -2.43. The van der Waals surface area contributed by atoms with Crippen LogP contribution in [0.5, 0.6) is 0 Å². The molecule has 2 rings (SSSR count). The lowest BCUT2D eigenvalue weighted by Gasteiger charge is -2.21. The Kier molecular flexibility index (Phi) is 3.74. The molecule has 3 nitrogen and oxygen atoms in total. The van der Waals surface area contributed by atoms with E-state index in [1.807, 2.05) is 0 Å². The Labute approximate surface area is 103 Å². The largest absolute Gasteiger partial charge is 0.467 e. The highest BCUT2D eigenvalue weighted by Gasteiger charge is 2.44. The van der Waals surface area contributed by atoms with Crippen LogP contribution in [0.2, 0.25) is 0 Å². The molecule has 17 heavy (non-hydrogen) atoms. The summed E-state index contributed by atoms with van der Waals surface area (Å²) in [4.78, 5) is 11.5. The SMILES string of the molecule is COC(=O)C1(N)CCc2c(F)cc(F)cc21.Cl. The zero-order valence-electron chi connectivity index (χ0n) is 9.13. The average molecular weight is 264 g/mol. The van der Waals surface area contributed by atoms with Gasteiger partial charge in [0, 0.05) is 6.07 Å². The fraction of sp³-hybridized carbons (Fsp3) is 0.364. The molecule has 0 aliphatic heterocycles. The van der Waals surface area contributed by atoms with Gasteiger partial charge in [-0.15, -0.1) is 12.4 Å². The highest BCUT2D eigenvalue weighted by molar-refractivity contribution is 5.85. The van der Waals surface area contributed by atoms with E-state index in [2.05, 4.69) is 4.74 Å². The minimum atomic E-state index is -1.42. The van der Waals surface area contributed by atoms with Crippen LogP contribution in [-0.4, -0.2) is 13.1 Å². The minimum Gasteiger partial charge on any atom is -0.467 e. The number of rotatable bonds is 1. The average Bonchev–Trinajstić information content (AvgIpc) is 2.57. The molecule has 1 unspecified atom stereocenters. The molecule has 0 amide bonds. The van der Waals surface area contributed by atoms with Crippen molar-refractivity contribution in [3.63, 3.8) is 0 Å². The minimum absolute atomic E-state index is 0. The first-order valence-electron chi connectivity index (χ1n) is 4.84. The molecule has 1 aliphatic rings. The van der Waals surface area contributed by atoms with Crippen LogP contribution in [0.25, 0.3) is 0 Å². The van der Waals surface area contributed by atoms with Gasteiger partial charge in [0.25, 0.3) is 0 Å². The van der Waals surface area contributed by atoms with Crippen LogP contribution < -0.4 is 5.73 Å². The van der Waals surface area contributed by atoms with Gasteiger partial charge in [-0.3, -0.25) is 0 Å². The second kappa shape index (κ2) is 4.58. The van der Waals surface area contributed by atoms with Crippen LogP contribution in [0.15, 0.2) is 12.1 Å². The van der Waals surface area contributed by atoms with E-state index in [1.165, 1.54) is 7.11 Å². The molecule has 94 valence electrons. The molecule has 1 aliphatic carbocycles. The summed E-state index contributed by atoms with van der Waals surface area (Å²) < 4.78 is 31.1. The summed E-state index contributed by atoms with van der Waals surface area (Å²) in [5, 5.41) is 0. The van der Waals surface area contributed by atoms with Crippen LogP contribution in [0.3, 0.4) is 0 Å². The van der Waals surface area contributed by atoms with Crippen molar-refractivity contribution in [1.82, 2.24) is 0 Å². The maximum absolute atomic E-state index is 13.4. The van der Waals surface area contributed by atoms with Gasteiger partial charge in [0.15, 0.2) is 0 Å². The van der Waals surface area contributed by atoms with Crippen molar-refractivity contribution in [3.05, 3.63) is 34.9 Å². The summed E-state index contributed by atoms with van der Waals surface area (Å²) in [6.45, 7) is 0. The van der Waals surface area contributed by atoms with Crippen molar-refractivity contribution in [3.8, 4) is 0 Å². The van der Waals surface area contributed by atoms with E-state index in [-0.39, 0.29) is 24.4 Å². The van der Waals surface area contributed by atoms with E-state index in [0.29, 0.717) is 12.0 Å². The Morgan fingerprint density at radius 1 is 1.47 bits per heavy atom. The van der Waals surface area contributed by atoms with Crippen LogP contribution in [-0.2, 0) is 21.5 Å². The summed E-state index contributed by atoms with van der Waals surface area (Å²) in [6, 6.07) is 1.89. The number of hydrogen-bond acceptors (Lipinski definition) is 3. The lowest BCUT2D eigenvalue weighted by atomic mass is 9.93. The van der Waals surface area contributed by atoms with Gasteiger partial charge in [0.05, 0.1) is 7.11 Å². The Morgan fingerprint density at radius 3 is 2.71 bits per heavy atom. The van der Waals surface area contributed by atoms with Gasteiger partial charge in [-0.05, 0) is 30.0 Å². The van der Waals surface area contributed by atoms with Crippen molar-refractivity contribution in [1.29, 1.82) is 0 Å². The van der Waals surface area contributed by atoms with Gasteiger partial charge in [-0.2, -0.15) is 0 Å². The molecule has 1 aromatic rings. The molecule has 0 fully saturated rings. The molecule has 0 aromatic heterocycles. The number of fused-ring (bicyclic) bond motifs is 1. The van der Waals surface area contributed by atoms with E-state index in [9.17, 15) is 13.6 Å². The van der Waals surface area contributed by atoms with Crippen LogP contribution in [0.4, 0.5) is 8.78 Å². The third kappa shape index (κ3) is 2.00.